The molecule has 0 aliphatic carbocycles. The van der Waals surface area contributed by atoms with Gasteiger partial charge in [-0.1, -0.05) is 0 Å². The number of rotatable bonds is 3. The van der Waals surface area contributed by atoms with Gasteiger partial charge in [0.2, 0.25) is 0 Å². The van der Waals surface area contributed by atoms with Gasteiger partial charge >= 0.3 is 3.93 Å². The average molecular weight is 565 g/mol. The van der Waals surface area contributed by atoms with Crippen LogP contribution < -0.4 is 9.80 Å². The van der Waals surface area contributed by atoms with Gasteiger partial charge in [-0.25, -0.2) is 0 Å². The maximum Gasteiger partial charge on any atom is 0.322 e. The second kappa shape index (κ2) is 7.45. The summed E-state index contributed by atoms with van der Waals surface area (Å²) in [5.74, 6) is -0.349. The summed E-state index contributed by atoms with van der Waals surface area (Å²) >= 11 is 6.64. The highest BCUT2D eigenvalue weighted by Gasteiger charge is 2.50. The highest BCUT2D eigenvalue weighted by atomic mass is 127. The van der Waals surface area contributed by atoms with Crippen molar-refractivity contribution in [3.63, 3.8) is 0 Å². The Kier molecular flexibility index (Phi) is 5.25. The topological polar surface area (TPSA) is 65.2 Å². The van der Waals surface area contributed by atoms with Crippen LogP contribution in [0.25, 0.3) is 10.9 Å². The minimum atomic E-state index is -3.28. The van der Waals surface area contributed by atoms with E-state index in [1.165, 1.54) is 17.0 Å². The van der Waals surface area contributed by atoms with Crippen molar-refractivity contribution in [2.45, 2.75) is 30.2 Å². The van der Waals surface area contributed by atoms with Crippen molar-refractivity contribution in [1.82, 2.24) is 9.78 Å². The molecule has 2 aromatic carbocycles. The van der Waals surface area contributed by atoms with E-state index in [1.54, 1.807) is 29.5 Å². The summed E-state index contributed by atoms with van der Waals surface area (Å²) in [6, 6.07) is 11.4. The molecule has 1 amide bonds. The van der Waals surface area contributed by atoms with E-state index in [0.717, 1.165) is 45.3 Å². The monoisotopic (exact) mass is 565 g/mol. The van der Waals surface area contributed by atoms with Crippen molar-refractivity contribution in [3.8, 4) is 6.07 Å². The van der Waals surface area contributed by atoms with Gasteiger partial charge in [-0.2, -0.15) is 19.1 Å². The van der Waals surface area contributed by atoms with Crippen molar-refractivity contribution in [2.75, 3.05) is 9.80 Å². The zero-order chi connectivity index (χ0) is 23.6. The lowest BCUT2D eigenvalue weighted by Gasteiger charge is -2.29. The van der Waals surface area contributed by atoms with Gasteiger partial charge in [0.05, 0.1) is 34.1 Å². The maximum absolute atomic E-state index is 14.1. The Bertz CT molecular complexity index is 1340. The van der Waals surface area contributed by atoms with Crippen LogP contribution in [-0.2, 0) is 15.8 Å². The molecule has 1 fully saturated rings. The molecule has 0 saturated carbocycles. The fraction of sp³-hybridized carbons (Fsp3) is 0.273. The highest BCUT2D eigenvalue weighted by molar-refractivity contribution is 14.1. The number of fused-ring (bicyclic) bond motifs is 1. The number of carbonyl (C=O) groups is 1. The Hall–Kier alpha value is -2.65. The number of nitriles is 1. The van der Waals surface area contributed by atoms with Crippen LogP contribution in [0.5, 0.6) is 0 Å². The van der Waals surface area contributed by atoms with Gasteiger partial charge in [-0.05, 0) is 69.4 Å². The normalized spacial score (nSPS) is 16.2. The summed E-state index contributed by atoms with van der Waals surface area (Å²) in [5.41, 5.74) is 1.01. The van der Waals surface area contributed by atoms with Crippen molar-refractivity contribution in [1.29, 1.82) is 5.26 Å². The number of hydrogen-bond donors (Lipinski definition) is 0. The first-order chi connectivity index (χ1) is 14.9. The van der Waals surface area contributed by atoms with Crippen LogP contribution in [0.3, 0.4) is 0 Å². The zero-order valence-electron chi connectivity index (χ0n) is 17.7. The van der Waals surface area contributed by atoms with E-state index in [9.17, 15) is 18.8 Å². The first kappa shape index (κ1) is 22.5. The van der Waals surface area contributed by atoms with E-state index in [2.05, 4.69) is 5.10 Å². The smallest absolute Gasteiger partial charge is 0.304 e. The van der Waals surface area contributed by atoms with E-state index >= 15 is 0 Å². The lowest BCUT2D eigenvalue weighted by Crippen LogP contribution is -2.44. The largest absolute Gasteiger partial charge is 0.322 e. The second-order valence-corrected chi connectivity index (χ2v) is 9.79. The van der Waals surface area contributed by atoms with E-state index in [0.29, 0.717) is 5.69 Å². The summed E-state index contributed by atoms with van der Waals surface area (Å²) in [5, 5.41) is 14.8. The van der Waals surface area contributed by atoms with Crippen molar-refractivity contribution in [2.24, 2.45) is 7.05 Å². The predicted molar refractivity (Wildman–Crippen MR) is 131 cm³/mol. The molecule has 0 N–H and O–H groups in total. The Morgan fingerprint density at radius 2 is 1.84 bits per heavy atom. The molecule has 6 nitrogen and oxygen atoms in total. The molecule has 10 heteroatoms. The molecular formula is C22H18F2IN5OS. The van der Waals surface area contributed by atoms with Crippen LogP contribution in [0.1, 0.15) is 30.7 Å². The molecule has 3 aromatic rings. The van der Waals surface area contributed by atoms with Crippen molar-refractivity contribution >= 4 is 68.1 Å². The Balaban J connectivity index is 1.83. The third kappa shape index (κ3) is 3.34. The van der Waals surface area contributed by atoms with Crippen molar-refractivity contribution < 1.29 is 13.6 Å². The van der Waals surface area contributed by atoms with Gasteiger partial charge in [-0.3, -0.25) is 14.4 Å². The molecule has 0 spiro atoms. The molecule has 164 valence electrons. The molecule has 0 bridgehead atoms. The SMILES string of the molecule is Cc1nn(C)c2ccc(N3C(=S)N(c4ccc(C#N)c(C(F)(F)I)c4)C(=O)C3(C)C)cc12. The van der Waals surface area contributed by atoms with Gasteiger partial charge in [0.1, 0.15) is 5.54 Å². The number of thiocarbonyl (C=S) groups is 1. The number of carbonyl (C=O) groups excluding carboxylic acids is 1. The van der Waals surface area contributed by atoms with E-state index in [1.807, 2.05) is 32.2 Å². The number of aryl methyl sites for hydroxylation is 2. The number of nitrogens with zero attached hydrogens (tertiary/aromatic N) is 5. The van der Waals surface area contributed by atoms with Crippen LogP contribution in [0.2, 0.25) is 0 Å². The van der Waals surface area contributed by atoms with Gasteiger partial charge in [0, 0.05) is 40.7 Å². The van der Waals surface area contributed by atoms with Gasteiger partial charge < -0.3 is 4.90 Å². The van der Waals surface area contributed by atoms with Gasteiger partial charge in [-0.15, -0.1) is 0 Å². The average Bonchev–Trinajstić information content (AvgIpc) is 3.09. The predicted octanol–water partition coefficient (Wildman–Crippen LogP) is 5.15. The molecule has 32 heavy (non-hydrogen) atoms. The standard InChI is InChI=1S/C22H18F2IN5OS/c1-12-16-9-15(7-8-18(16)28(4)27-12)30-20(32)29(19(31)21(30,2)3)14-6-5-13(11-26)17(10-14)22(23,24)25/h5-10H,1-4H3. The van der Waals surface area contributed by atoms with E-state index in [4.69, 9.17) is 12.2 Å². The van der Waals surface area contributed by atoms with Gasteiger partial charge in [0.15, 0.2) is 5.11 Å². The van der Waals surface area contributed by atoms with E-state index in [-0.39, 0.29) is 22.3 Å². The minimum absolute atomic E-state index is 0.153. The van der Waals surface area contributed by atoms with Crippen LogP contribution in [0, 0.1) is 18.3 Å². The number of halogens is 3. The molecular weight excluding hydrogens is 547 g/mol. The zero-order valence-corrected chi connectivity index (χ0v) is 20.6. The summed E-state index contributed by atoms with van der Waals surface area (Å²) in [7, 11) is 1.86. The highest BCUT2D eigenvalue weighted by Crippen LogP contribution is 2.42. The number of aromatic nitrogens is 2. The molecule has 0 unspecified atom stereocenters. The van der Waals surface area contributed by atoms with Crippen LogP contribution in [0.4, 0.5) is 20.2 Å². The molecule has 1 aromatic heterocycles. The summed E-state index contributed by atoms with van der Waals surface area (Å²) in [6.07, 6.45) is 0. The Labute approximate surface area is 202 Å². The van der Waals surface area contributed by atoms with Crippen molar-refractivity contribution in [3.05, 3.63) is 53.2 Å². The van der Waals surface area contributed by atoms with E-state index < -0.39 is 15.0 Å². The lowest BCUT2D eigenvalue weighted by molar-refractivity contribution is -0.120. The van der Waals surface area contributed by atoms with Gasteiger partial charge in [0.25, 0.3) is 5.91 Å². The third-order valence-electron chi connectivity index (χ3n) is 5.63. The minimum Gasteiger partial charge on any atom is -0.304 e. The summed E-state index contributed by atoms with van der Waals surface area (Å²) in [4.78, 5) is 16.4. The Morgan fingerprint density at radius 1 is 1.19 bits per heavy atom. The molecule has 1 aliphatic rings. The van der Waals surface area contributed by atoms with Crippen LogP contribution in [0.15, 0.2) is 36.4 Å². The molecule has 0 atom stereocenters. The molecule has 2 heterocycles. The quantitative estimate of drug-likeness (QED) is 0.250. The number of hydrogen-bond acceptors (Lipinski definition) is 4. The van der Waals surface area contributed by atoms with Crippen LogP contribution in [-0.4, -0.2) is 26.3 Å². The maximum atomic E-state index is 14.1. The number of amides is 1. The fourth-order valence-corrected chi connectivity index (χ4v) is 5.00. The lowest BCUT2D eigenvalue weighted by atomic mass is 10.0. The first-order valence-electron chi connectivity index (χ1n) is 9.61. The second-order valence-electron chi connectivity index (χ2n) is 8.07. The number of alkyl halides is 3. The molecule has 0 radical (unpaired) electrons. The molecule has 1 aliphatic heterocycles. The third-order valence-corrected chi connectivity index (χ3v) is 6.58. The summed E-state index contributed by atoms with van der Waals surface area (Å²) < 4.78 is 26.8. The number of anilines is 2. The fourth-order valence-electron chi connectivity index (χ4n) is 4.03. The number of benzene rings is 2. The Morgan fingerprint density at radius 3 is 2.47 bits per heavy atom. The summed E-state index contributed by atoms with van der Waals surface area (Å²) in [6.45, 7) is 5.37. The molecule has 4 rings (SSSR count). The van der Waals surface area contributed by atoms with Crippen LogP contribution >= 0.6 is 34.8 Å². The first-order valence-corrected chi connectivity index (χ1v) is 11.1. The molecule has 1 saturated heterocycles.